The predicted molar refractivity (Wildman–Crippen MR) is 41.6 cm³/mol. The average Bonchev–Trinajstić information content (AvgIpc) is 2.08. The van der Waals surface area contributed by atoms with E-state index in [1.54, 1.807) is 6.92 Å². The number of hydrogen-bond donors (Lipinski definition) is 0. The zero-order valence-electron chi connectivity index (χ0n) is 6.45. The Morgan fingerprint density at radius 1 is 1.64 bits per heavy atom. The van der Waals surface area contributed by atoms with E-state index in [2.05, 4.69) is 0 Å². The number of sulfone groups is 1. The molecule has 1 aliphatic rings. The third-order valence-corrected chi connectivity index (χ3v) is 4.48. The highest BCUT2D eigenvalue weighted by Crippen LogP contribution is 2.27. The van der Waals surface area contributed by atoms with Crippen LogP contribution in [0.5, 0.6) is 0 Å². The molecule has 1 aliphatic heterocycles. The molecule has 3 nitrogen and oxygen atoms in total. The van der Waals surface area contributed by atoms with E-state index in [1.165, 1.54) is 0 Å². The summed E-state index contributed by atoms with van der Waals surface area (Å²) < 4.78 is 22.3. The van der Waals surface area contributed by atoms with Crippen molar-refractivity contribution in [3.05, 3.63) is 0 Å². The second kappa shape index (κ2) is 2.82. The van der Waals surface area contributed by atoms with Crippen molar-refractivity contribution in [3.8, 4) is 6.07 Å². The molecule has 0 bridgehead atoms. The Balaban J connectivity index is 2.67. The van der Waals surface area contributed by atoms with Crippen molar-refractivity contribution in [1.82, 2.24) is 0 Å². The fourth-order valence-electron chi connectivity index (χ4n) is 1.45. The molecule has 1 fully saturated rings. The minimum Gasteiger partial charge on any atom is -0.229 e. The molecule has 2 unspecified atom stereocenters. The monoisotopic (exact) mass is 173 g/mol. The molecule has 1 saturated heterocycles. The fraction of sp³-hybridized carbons (Fsp3) is 0.857. The number of hydrogen-bond acceptors (Lipinski definition) is 3. The normalized spacial score (nSPS) is 34.9. The summed E-state index contributed by atoms with van der Waals surface area (Å²) in [6.07, 6.45) is 1.04. The maximum Gasteiger partial charge on any atom is 0.153 e. The smallest absolute Gasteiger partial charge is 0.153 e. The van der Waals surface area contributed by atoms with Crippen molar-refractivity contribution in [1.29, 1.82) is 5.26 Å². The second-order valence-corrected chi connectivity index (χ2v) is 5.57. The van der Waals surface area contributed by atoms with Crippen LogP contribution < -0.4 is 0 Å². The molecule has 0 aromatic rings. The van der Waals surface area contributed by atoms with Gasteiger partial charge in [-0.1, -0.05) is 0 Å². The summed E-state index contributed by atoms with van der Waals surface area (Å²) >= 11 is 0. The van der Waals surface area contributed by atoms with Gasteiger partial charge >= 0.3 is 0 Å². The molecule has 62 valence electrons. The van der Waals surface area contributed by atoms with Gasteiger partial charge in [0.1, 0.15) is 0 Å². The van der Waals surface area contributed by atoms with Gasteiger partial charge in [-0.05, 0) is 19.3 Å². The van der Waals surface area contributed by atoms with E-state index < -0.39 is 9.84 Å². The molecule has 11 heavy (non-hydrogen) atoms. The molecule has 0 saturated carbocycles. The lowest BCUT2D eigenvalue weighted by molar-refractivity contribution is 0.581. The van der Waals surface area contributed by atoms with Crippen LogP contribution in [-0.2, 0) is 9.84 Å². The Morgan fingerprint density at radius 2 is 2.27 bits per heavy atom. The van der Waals surface area contributed by atoms with Gasteiger partial charge in [-0.25, -0.2) is 8.42 Å². The van der Waals surface area contributed by atoms with Crippen LogP contribution in [0, 0.1) is 17.2 Å². The van der Waals surface area contributed by atoms with Crippen LogP contribution in [0.15, 0.2) is 0 Å². The van der Waals surface area contributed by atoms with E-state index >= 15 is 0 Å². The predicted octanol–water partition coefficient (Wildman–Crippen LogP) is 0.723. The van der Waals surface area contributed by atoms with Crippen LogP contribution in [-0.4, -0.2) is 19.4 Å². The van der Waals surface area contributed by atoms with Crippen molar-refractivity contribution in [2.45, 2.75) is 25.0 Å². The maximum absolute atomic E-state index is 11.1. The van der Waals surface area contributed by atoms with Crippen LogP contribution in [0.4, 0.5) is 0 Å². The molecule has 0 radical (unpaired) electrons. The molecular formula is C7H11NO2S. The first-order valence-electron chi connectivity index (χ1n) is 3.65. The van der Waals surface area contributed by atoms with Crippen molar-refractivity contribution >= 4 is 9.84 Å². The molecule has 0 aliphatic carbocycles. The van der Waals surface area contributed by atoms with Crippen molar-refractivity contribution in [2.75, 3.05) is 5.75 Å². The maximum atomic E-state index is 11.1. The van der Waals surface area contributed by atoms with Crippen LogP contribution in [0.1, 0.15) is 19.8 Å². The summed E-state index contributed by atoms with van der Waals surface area (Å²) in [5, 5.41) is 8.10. The molecule has 0 aromatic carbocycles. The summed E-state index contributed by atoms with van der Waals surface area (Å²) in [4.78, 5) is 0. The molecule has 1 heterocycles. The highest BCUT2D eigenvalue weighted by molar-refractivity contribution is 7.92. The van der Waals surface area contributed by atoms with Gasteiger partial charge in [0.25, 0.3) is 0 Å². The number of nitrogens with zero attached hydrogens (tertiary/aromatic N) is 1. The summed E-state index contributed by atoms with van der Waals surface area (Å²) in [7, 11) is -2.85. The van der Waals surface area contributed by atoms with Gasteiger partial charge in [-0.2, -0.15) is 5.26 Å². The van der Waals surface area contributed by atoms with E-state index in [4.69, 9.17) is 5.26 Å². The minimum atomic E-state index is -2.85. The van der Waals surface area contributed by atoms with E-state index in [0.717, 1.165) is 0 Å². The van der Waals surface area contributed by atoms with E-state index in [1.807, 2.05) is 6.07 Å². The minimum absolute atomic E-state index is 0.0833. The Bertz CT molecular complexity index is 275. The molecule has 2 atom stereocenters. The largest absolute Gasteiger partial charge is 0.229 e. The Labute approximate surface area is 66.9 Å². The standard InChI is InChI=1S/C7H11NO2S/c1-6-4-7(2-3-8)5-11(6,9)10/h6-7H,2,4-5H2,1H3. The lowest BCUT2D eigenvalue weighted by atomic mass is 10.0. The lowest BCUT2D eigenvalue weighted by Gasteiger charge is -1.97. The first-order chi connectivity index (χ1) is 5.06. The van der Waals surface area contributed by atoms with Gasteiger partial charge < -0.3 is 0 Å². The zero-order chi connectivity index (χ0) is 8.48. The zero-order valence-corrected chi connectivity index (χ0v) is 7.26. The molecule has 4 heteroatoms. The van der Waals surface area contributed by atoms with Crippen LogP contribution in [0.2, 0.25) is 0 Å². The molecule has 0 N–H and O–H groups in total. The van der Waals surface area contributed by atoms with Crippen LogP contribution in [0.3, 0.4) is 0 Å². The van der Waals surface area contributed by atoms with Crippen LogP contribution in [0.25, 0.3) is 0 Å². The van der Waals surface area contributed by atoms with Gasteiger partial charge in [0.2, 0.25) is 0 Å². The average molecular weight is 173 g/mol. The van der Waals surface area contributed by atoms with Crippen molar-refractivity contribution in [2.24, 2.45) is 5.92 Å². The Hall–Kier alpha value is -0.560. The third-order valence-electron chi connectivity index (χ3n) is 2.13. The van der Waals surface area contributed by atoms with Gasteiger partial charge in [0.05, 0.1) is 17.1 Å². The molecule has 0 aromatic heterocycles. The van der Waals surface area contributed by atoms with Gasteiger partial charge in [0.15, 0.2) is 9.84 Å². The molecule has 1 rings (SSSR count). The summed E-state index contributed by atoms with van der Waals surface area (Å²) in [5.41, 5.74) is 0. The Morgan fingerprint density at radius 3 is 2.64 bits per heavy atom. The topological polar surface area (TPSA) is 57.9 Å². The summed E-state index contributed by atoms with van der Waals surface area (Å²) in [6.45, 7) is 1.71. The van der Waals surface area contributed by atoms with Crippen molar-refractivity contribution < 1.29 is 8.42 Å². The second-order valence-electron chi connectivity index (χ2n) is 3.10. The fourth-order valence-corrected chi connectivity index (χ4v) is 3.25. The van der Waals surface area contributed by atoms with Gasteiger partial charge in [-0.15, -0.1) is 0 Å². The van der Waals surface area contributed by atoms with Crippen molar-refractivity contribution in [3.63, 3.8) is 0 Å². The highest BCUT2D eigenvalue weighted by atomic mass is 32.2. The number of rotatable bonds is 1. The van der Waals surface area contributed by atoms with Crippen LogP contribution >= 0.6 is 0 Å². The number of nitriles is 1. The quantitative estimate of drug-likeness (QED) is 0.587. The van der Waals surface area contributed by atoms with E-state index in [9.17, 15) is 8.42 Å². The van der Waals surface area contributed by atoms with Gasteiger partial charge in [0, 0.05) is 6.42 Å². The van der Waals surface area contributed by atoms with Gasteiger partial charge in [-0.3, -0.25) is 0 Å². The first-order valence-corrected chi connectivity index (χ1v) is 5.36. The lowest BCUT2D eigenvalue weighted by Crippen LogP contribution is -2.10. The molecule has 0 amide bonds. The molecule has 0 spiro atoms. The van der Waals surface area contributed by atoms with E-state index in [0.29, 0.717) is 12.8 Å². The molecular weight excluding hydrogens is 162 g/mol. The summed E-state index contributed by atoms with van der Waals surface area (Å²) in [5.74, 6) is 0.293. The third kappa shape index (κ3) is 1.72. The van der Waals surface area contributed by atoms with E-state index in [-0.39, 0.29) is 16.9 Å². The SMILES string of the molecule is CC1CC(CC#N)CS1(=O)=O. The highest BCUT2D eigenvalue weighted by Gasteiger charge is 2.34. The Kier molecular flexibility index (Phi) is 2.19. The summed E-state index contributed by atoms with van der Waals surface area (Å²) in [6, 6.07) is 2.00. The first kappa shape index (κ1) is 8.54.